The Labute approximate surface area is 87.4 Å². The summed E-state index contributed by atoms with van der Waals surface area (Å²) >= 11 is 0. The van der Waals surface area contributed by atoms with Crippen molar-refractivity contribution in [3.8, 4) is 0 Å². The summed E-state index contributed by atoms with van der Waals surface area (Å²) in [5, 5.41) is 10.4. The van der Waals surface area contributed by atoms with Crippen LogP contribution >= 0.6 is 0 Å². The van der Waals surface area contributed by atoms with E-state index in [0.29, 0.717) is 0 Å². The van der Waals surface area contributed by atoms with Crippen molar-refractivity contribution in [1.82, 2.24) is 0 Å². The van der Waals surface area contributed by atoms with E-state index in [4.69, 9.17) is 0 Å². The molecule has 4 nitrogen and oxygen atoms in total. The Hall–Kier alpha value is -1.97. The molecule has 0 radical (unpaired) electrons. The molecule has 0 saturated carbocycles. The number of aldehydes is 1. The first-order valence-electron chi connectivity index (χ1n) is 4.51. The molecule has 0 aromatic heterocycles. The van der Waals surface area contributed by atoms with E-state index in [9.17, 15) is 14.9 Å². The number of allylic oxidation sites excluding steroid dienone is 1. The molecule has 1 unspecified atom stereocenters. The minimum atomic E-state index is -0.443. The van der Waals surface area contributed by atoms with Crippen LogP contribution in [0.5, 0.6) is 0 Å². The summed E-state index contributed by atoms with van der Waals surface area (Å²) in [5.41, 5.74) is 0.907. The second kappa shape index (κ2) is 5.05. The van der Waals surface area contributed by atoms with Crippen LogP contribution in [0.4, 0.5) is 5.69 Å². The van der Waals surface area contributed by atoms with Crippen LogP contribution in [-0.2, 0) is 4.79 Å². The lowest BCUT2D eigenvalue weighted by atomic mass is 10.1. The van der Waals surface area contributed by atoms with Gasteiger partial charge in [-0.15, -0.1) is 0 Å². The van der Waals surface area contributed by atoms with Crippen LogP contribution in [0, 0.1) is 16.0 Å². The molecule has 0 aliphatic carbocycles. The number of rotatable bonds is 4. The van der Waals surface area contributed by atoms with E-state index in [1.807, 2.05) is 0 Å². The molecule has 1 atom stereocenters. The Morgan fingerprint density at radius 2 is 1.93 bits per heavy atom. The molecular weight excluding hydrogens is 194 g/mol. The van der Waals surface area contributed by atoms with Gasteiger partial charge in [-0.1, -0.05) is 19.1 Å². The Morgan fingerprint density at radius 1 is 1.33 bits per heavy atom. The molecule has 0 N–H and O–H groups in total. The number of nitrogens with zero attached hydrogens (tertiary/aromatic N) is 1. The topological polar surface area (TPSA) is 60.2 Å². The van der Waals surface area contributed by atoms with Gasteiger partial charge in [-0.05, 0) is 17.7 Å². The summed E-state index contributed by atoms with van der Waals surface area (Å²) in [5.74, 6) is -0.139. The lowest BCUT2D eigenvalue weighted by Gasteiger charge is -1.95. The second-order valence-electron chi connectivity index (χ2n) is 3.20. The number of nitro benzene ring substituents is 1. The van der Waals surface area contributed by atoms with Gasteiger partial charge in [0.05, 0.1) is 4.92 Å². The fraction of sp³-hybridized carbons (Fsp3) is 0.182. The van der Waals surface area contributed by atoms with Crippen LogP contribution in [0.3, 0.4) is 0 Å². The number of hydrogen-bond acceptors (Lipinski definition) is 3. The van der Waals surface area contributed by atoms with E-state index in [-0.39, 0.29) is 11.6 Å². The fourth-order valence-corrected chi connectivity index (χ4v) is 1.02. The molecule has 15 heavy (non-hydrogen) atoms. The Morgan fingerprint density at radius 3 is 2.40 bits per heavy atom. The van der Waals surface area contributed by atoms with Crippen molar-refractivity contribution < 1.29 is 9.72 Å². The smallest absolute Gasteiger partial charge is 0.269 e. The summed E-state index contributed by atoms with van der Waals surface area (Å²) in [6.45, 7) is 1.77. The van der Waals surface area contributed by atoms with Crippen LogP contribution in [0.1, 0.15) is 12.5 Å². The average Bonchev–Trinajstić information content (AvgIpc) is 2.26. The summed E-state index contributed by atoms with van der Waals surface area (Å²) in [4.78, 5) is 20.3. The van der Waals surface area contributed by atoms with Crippen molar-refractivity contribution in [3.63, 3.8) is 0 Å². The first kappa shape index (κ1) is 11.1. The maximum absolute atomic E-state index is 10.4. The number of hydrogen-bond donors (Lipinski definition) is 0. The van der Waals surface area contributed by atoms with Gasteiger partial charge in [0.1, 0.15) is 6.29 Å². The highest BCUT2D eigenvalue weighted by Gasteiger charge is 2.02. The van der Waals surface area contributed by atoms with E-state index in [1.54, 1.807) is 31.2 Å². The standard InChI is InChI=1S/C11H11NO3/c1-9(8-13)2-3-10-4-6-11(7-5-10)12(14)15/h2-9H,1H3/b3-2+. The molecular formula is C11H11NO3. The summed E-state index contributed by atoms with van der Waals surface area (Å²) in [6.07, 6.45) is 4.35. The van der Waals surface area contributed by atoms with Crippen LogP contribution < -0.4 is 0 Å². The van der Waals surface area contributed by atoms with Gasteiger partial charge in [0.2, 0.25) is 0 Å². The zero-order valence-corrected chi connectivity index (χ0v) is 8.29. The zero-order valence-electron chi connectivity index (χ0n) is 8.29. The first-order valence-corrected chi connectivity index (χ1v) is 4.51. The first-order chi connectivity index (χ1) is 7.13. The number of carbonyl (C=O) groups excluding carboxylic acids is 1. The van der Waals surface area contributed by atoms with Crippen molar-refractivity contribution >= 4 is 18.0 Å². The van der Waals surface area contributed by atoms with Gasteiger partial charge in [-0.2, -0.15) is 0 Å². The maximum Gasteiger partial charge on any atom is 0.269 e. The highest BCUT2D eigenvalue weighted by Crippen LogP contribution is 2.13. The second-order valence-corrected chi connectivity index (χ2v) is 3.20. The van der Waals surface area contributed by atoms with E-state index < -0.39 is 4.92 Å². The molecule has 1 rings (SSSR count). The predicted molar refractivity (Wildman–Crippen MR) is 57.4 cm³/mol. The normalized spacial score (nSPS) is 12.6. The van der Waals surface area contributed by atoms with Gasteiger partial charge in [0.15, 0.2) is 0 Å². The van der Waals surface area contributed by atoms with Crippen molar-refractivity contribution in [2.24, 2.45) is 5.92 Å². The van der Waals surface area contributed by atoms with Crippen molar-refractivity contribution in [2.45, 2.75) is 6.92 Å². The number of benzene rings is 1. The lowest BCUT2D eigenvalue weighted by molar-refractivity contribution is -0.384. The van der Waals surface area contributed by atoms with Crippen LogP contribution in [0.15, 0.2) is 30.3 Å². The van der Waals surface area contributed by atoms with Gasteiger partial charge < -0.3 is 4.79 Å². The third-order valence-corrected chi connectivity index (χ3v) is 1.91. The molecule has 0 bridgehead atoms. The highest BCUT2D eigenvalue weighted by atomic mass is 16.6. The number of non-ortho nitro benzene ring substituents is 1. The van der Waals surface area contributed by atoms with Gasteiger partial charge in [-0.3, -0.25) is 10.1 Å². The van der Waals surface area contributed by atoms with Crippen LogP contribution in [0.25, 0.3) is 6.08 Å². The molecule has 0 saturated heterocycles. The van der Waals surface area contributed by atoms with Crippen LogP contribution in [-0.4, -0.2) is 11.2 Å². The molecule has 78 valence electrons. The largest absolute Gasteiger partial charge is 0.303 e. The molecule has 1 aromatic carbocycles. The summed E-state index contributed by atoms with van der Waals surface area (Å²) < 4.78 is 0. The Bertz CT molecular complexity index is 381. The van der Waals surface area contributed by atoms with E-state index in [0.717, 1.165) is 11.8 Å². The predicted octanol–water partition coefficient (Wildman–Crippen LogP) is 2.44. The molecule has 4 heteroatoms. The van der Waals surface area contributed by atoms with Crippen LogP contribution in [0.2, 0.25) is 0 Å². The fourth-order valence-electron chi connectivity index (χ4n) is 1.02. The zero-order chi connectivity index (χ0) is 11.3. The van der Waals surface area contributed by atoms with Crippen molar-refractivity contribution in [1.29, 1.82) is 0 Å². The minimum absolute atomic E-state index is 0.0654. The van der Waals surface area contributed by atoms with Crippen molar-refractivity contribution in [2.75, 3.05) is 0 Å². The van der Waals surface area contributed by atoms with E-state index in [2.05, 4.69) is 0 Å². The molecule has 0 spiro atoms. The number of nitro groups is 1. The molecule has 0 aliphatic heterocycles. The van der Waals surface area contributed by atoms with Gasteiger partial charge in [0, 0.05) is 18.1 Å². The molecule has 0 amide bonds. The van der Waals surface area contributed by atoms with Crippen molar-refractivity contribution in [3.05, 3.63) is 46.0 Å². The maximum atomic E-state index is 10.4. The quantitative estimate of drug-likeness (QED) is 0.431. The molecule has 1 aromatic rings. The monoisotopic (exact) mass is 205 g/mol. The molecule has 0 aliphatic rings. The number of carbonyl (C=O) groups is 1. The van der Waals surface area contributed by atoms with Gasteiger partial charge in [-0.25, -0.2) is 0 Å². The summed E-state index contributed by atoms with van der Waals surface area (Å²) in [6, 6.07) is 6.16. The third-order valence-electron chi connectivity index (χ3n) is 1.91. The molecule has 0 fully saturated rings. The Kier molecular flexibility index (Phi) is 3.74. The van der Waals surface area contributed by atoms with Gasteiger partial charge in [0.25, 0.3) is 5.69 Å². The Balaban J connectivity index is 2.76. The lowest BCUT2D eigenvalue weighted by Crippen LogP contribution is -1.89. The average molecular weight is 205 g/mol. The summed E-state index contributed by atoms with van der Waals surface area (Å²) in [7, 11) is 0. The van der Waals surface area contributed by atoms with E-state index in [1.165, 1.54) is 12.1 Å². The van der Waals surface area contributed by atoms with Gasteiger partial charge >= 0.3 is 0 Å². The SMILES string of the molecule is CC(C=O)/C=C/c1ccc([N+](=O)[O-])cc1. The molecule has 0 heterocycles. The third kappa shape index (κ3) is 3.34. The minimum Gasteiger partial charge on any atom is -0.303 e. The van der Waals surface area contributed by atoms with E-state index >= 15 is 0 Å². The highest BCUT2D eigenvalue weighted by molar-refractivity contribution is 5.61.